The third-order valence-corrected chi connectivity index (χ3v) is 3.43. The molecule has 0 aliphatic rings. The minimum atomic E-state index is -0.417. The molecule has 0 atom stereocenters. The normalized spacial score (nSPS) is 11.2. The Labute approximate surface area is 128 Å². The van der Waals surface area contributed by atoms with Crippen molar-refractivity contribution in [3.63, 3.8) is 0 Å². The van der Waals surface area contributed by atoms with E-state index in [1.807, 2.05) is 24.3 Å². The van der Waals surface area contributed by atoms with E-state index in [0.717, 1.165) is 17.1 Å². The van der Waals surface area contributed by atoms with Crippen LogP contribution in [0.15, 0.2) is 47.1 Å². The maximum absolute atomic E-state index is 12.9. The summed E-state index contributed by atoms with van der Waals surface area (Å²) < 4.78 is 18.1. The number of aromatic amines is 1. The van der Waals surface area contributed by atoms with Gasteiger partial charge in [-0.1, -0.05) is 22.8 Å². The molecule has 22 heavy (non-hydrogen) atoms. The van der Waals surface area contributed by atoms with Gasteiger partial charge in [-0.15, -0.1) is 0 Å². The number of fused-ring (bicyclic) bond motifs is 1. The molecule has 4 rings (SSSR count). The van der Waals surface area contributed by atoms with E-state index >= 15 is 0 Å². The van der Waals surface area contributed by atoms with Crippen molar-refractivity contribution in [3.05, 3.63) is 53.4 Å². The number of hydrogen-bond acceptors (Lipinski definition) is 4. The van der Waals surface area contributed by atoms with Gasteiger partial charge in [0.25, 0.3) is 5.89 Å². The average Bonchev–Trinajstić information content (AvgIpc) is 3.13. The molecule has 0 unspecified atom stereocenters. The van der Waals surface area contributed by atoms with Gasteiger partial charge in [0.2, 0.25) is 5.82 Å². The summed E-state index contributed by atoms with van der Waals surface area (Å²) in [4.78, 5) is 11.4. The number of halogens is 2. The van der Waals surface area contributed by atoms with Crippen LogP contribution in [-0.4, -0.2) is 20.1 Å². The minimum absolute atomic E-state index is 0.298. The standard InChI is InChI=1S/C15H8ClFN4O/c16-9-2-1-8-5-13(19-12(8)6-9)15-20-14(21-22-15)11-4-3-10(17)7-18-11/h1-7,19H. The second-order valence-corrected chi connectivity index (χ2v) is 5.14. The quantitative estimate of drug-likeness (QED) is 0.605. The van der Waals surface area contributed by atoms with Gasteiger partial charge in [-0.25, -0.2) is 9.37 Å². The van der Waals surface area contributed by atoms with Gasteiger partial charge in [0.05, 0.1) is 6.20 Å². The van der Waals surface area contributed by atoms with Crippen LogP contribution in [0.25, 0.3) is 34.0 Å². The molecule has 0 amide bonds. The lowest BCUT2D eigenvalue weighted by Crippen LogP contribution is -1.86. The Bertz CT molecular complexity index is 961. The Hall–Kier alpha value is -2.73. The van der Waals surface area contributed by atoms with Crippen molar-refractivity contribution in [2.24, 2.45) is 0 Å². The molecule has 0 spiro atoms. The van der Waals surface area contributed by atoms with Crippen molar-refractivity contribution < 1.29 is 8.91 Å². The molecular weight excluding hydrogens is 307 g/mol. The number of H-pyrrole nitrogens is 1. The van der Waals surface area contributed by atoms with Crippen molar-refractivity contribution in [2.75, 3.05) is 0 Å². The van der Waals surface area contributed by atoms with Crippen molar-refractivity contribution >= 4 is 22.5 Å². The lowest BCUT2D eigenvalue weighted by Gasteiger charge is -1.91. The highest BCUT2D eigenvalue weighted by molar-refractivity contribution is 6.31. The zero-order chi connectivity index (χ0) is 15.1. The van der Waals surface area contributed by atoms with Gasteiger partial charge in [0, 0.05) is 15.9 Å². The number of hydrogen-bond donors (Lipinski definition) is 1. The van der Waals surface area contributed by atoms with Gasteiger partial charge in [-0.3, -0.25) is 0 Å². The van der Waals surface area contributed by atoms with Crippen LogP contribution in [0.2, 0.25) is 5.02 Å². The van der Waals surface area contributed by atoms with Crippen LogP contribution in [-0.2, 0) is 0 Å². The first-order chi connectivity index (χ1) is 10.7. The summed E-state index contributed by atoms with van der Waals surface area (Å²) in [6.07, 6.45) is 1.11. The molecule has 1 aromatic carbocycles. The first-order valence-electron chi connectivity index (χ1n) is 6.43. The van der Waals surface area contributed by atoms with E-state index in [2.05, 4.69) is 20.1 Å². The molecule has 1 N–H and O–H groups in total. The van der Waals surface area contributed by atoms with Crippen LogP contribution in [0.4, 0.5) is 4.39 Å². The van der Waals surface area contributed by atoms with Gasteiger partial charge in [0.15, 0.2) is 0 Å². The molecule has 0 bridgehead atoms. The molecule has 0 aliphatic heterocycles. The zero-order valence-corrected chi connectivity index (χ0v) is 11.8. The molecule has 5 nitrogen and oxygen atoms in total. The first kappa shape index (κ1) is 13.0. The summed E-state index contributed by atoms with van der Waals surface area (Å²) in [6, 6.07) is 10.2. The van der Waals surface area contributed by atoms with E-state index in [1.54, 1.807) is 0 Å². The summed E-state index contributed by atoms with van der Waals surface area (Å²) in [5, 5.41) is 5.49. The molecule has 0 radical (unpaired) electrons. The summed E-state index contributed by atoms with van der Waals surface area (Å²) in [6.45, 7) is 0. The molecule has 108 valence electrons. The van der Waals surface area contributed by atoms with E-state index in [0.29, 0.717) is 28.1 Å². The van der Waals surface area contributed by atoms with Crippen molar-refractivity contribution in [3.8, 4) is 23.1 Å². The zero-order valence-electron chi connectivity index (χ0n) is 11.0. The molecule has 4 aromatic rings. The highest BCUT2D eigenvalue weighted by Crippen LogP contribution is 2.26. The Morgan fingerprint density at radius 2 is 2.05 bits per heavy atom. The van der Waals surface area contributed by atoms with Gasteiger partial charge in [-0.05, 0) is 30.3 Å². The van der Waals surface area contributed by atoms with Crippen LogP contribution < -0.4 is 0 Å². The van der Waals surface area contributed by atoms with E-state index in [4.69, 9.17) is 16.1 Å². The summed E-state index contributed by atoms with van der Waals surface area (Å²) in [7, 11) is 0. The van der Waals surface area contributed by atoms with Gasteiger partial charge >= 0.3 is 0 Å². The average molecular weight is 315 g/mol. The van der Waals surface area contributed by atoms with Crippen LogP contribution in [0.3, 0.4) is 0 Å². The molecule has 3 heterocycles. The summed E-state index contributed by atoms with van der Waals surface area (Å²) in [5.74, 6) is 0.208. The Morgan fingerprint density at radius 1 is 1.14 bits per heavy atom. The largest absolute Gasteiger partial charge is 0.350 e. The Kier molecular flexibility index (Phi) is 2.90. The number of nitrogens with zero attached hydrogens (tertiary/aromatic N) is 3. The van der Waals surface area contributed by atoms with Crippen molar-refractivity contribution in [1.29, 1.82) is 0 Å². The molecule has 0 fully saturated rings. The fourth-order valence-corrected chi connectivity index (χ4v) is 2.33. The predicted molar refractivity (Wildman–Crippen MR) is 79.8 cm³/mol. The van der Waals surface area contributed by atoms with E-state index in [9.17, 15) is 4.39 Å². The van der Waals surface area contributed by atoms with Gasteiger partial charge < -0.3 is 9.51 Å². The smallest absolute Gasteiger partial charge is 0.274 e. The summed E-state index contributed by atoms with van der Waals surface area (Å²) in [5.41, 5.74) is 2.00. The van der Waals surface area contributed by atoms with Crippen molar-refractivity contribution in [2.45, 2.75) is 0 Å². The maximum atomic E-state index is 12.9. The predicted octanol–water partition coefficient (Wildman–Crippen LogP) is 4.07. The van der Waals surface area contributed by atoms with E-state index in [1.165, 1.54) is 12.1 Å². The highest BCUT2D eigenvalue weighted by Gasteiger charge is 2.13. The Morgan fingerprint density at radius 3 is 2.86 bits per heavy atom. The molecule has 7 heteroatoms. The van der Waals surface area contributed by atoms with E-state index in [-0.39, 0.29) is 0 Å². The molecular formula is C15H8ClFN4O. The highest BCUT2D eigenvalue weighted by atomic mass is 35.5. The number of rotatable bonds is 2. The van der Waals surface area contributed by atoms with Crippen LogP contribution in [0.5, 0.6) is 0 Å². The van der Waals surface area contributed by atoms with Crippen LogP contribution in [0, 0.1) is 5.82 Å². The number of pyridine rings is 1. The first-order valence-corrected chi connectivity index (χ1v) is 6.81. The lowest BCUT2D eigenvalue weighted by atomic mass is 10.2. The van der Waals surface area contributed by atoms with Crippen LogP contribution in [0.1, 0.15) is 0 Å². The molecule has 0 aliphatic carbocycles. The molecule has 3 aromatic heterocycles. The van der Waals surface area contributed by atoms with Gasteiger partial charge in [-0.2, -0.15) is 4.98 Å². The third-order valence-electron chi connectivity index (χ3n) is 3.20. The molecule has 0 saturated heterocycles. The Balaban J connectivity index is 1.74. The van der Waals surface area contributed by atoms with Crippen molar-refractivity contribution in [1.82, 2.24) is 20.1 Å². The van der Waals surface area contributed by atoms with Crippen LogP contribution >= 0.6 is 11.6 Å². The SMILES string of the molecule is Fc1ccc(-c2noc(-c3cc4ccc(Cl)cc4[nH]3)n2)nc1. The number of benzene rings is 1. The topological polar surface area (TPSA) is 67.6 Å². The molecule has 0 saturated carbocycles. The fraction of sp³-hybridized carbons (Fsp3) is 0. The third kappa shape index (κ3) is 2.23. The second kappa shape index (κ2) is 4.92. The summed E-state index contributed by atoms with van der Waals surface area (Å²) >= 11 is 5.96. The lowest BCUT2D eigenvalue weighted by molar-refractivity contribution is 0.431. The second-order valence-electron chi connectivity index (χ2n) is 4.70. The number of nitrogens with one attached hydrogen (secondary N) is 1. The van der Waals surface area contributed by atoms with Gasteiger partial charge in [0.1, 0.15) is 17.2 Å². The maximum Gasteiger partial charge on any atom is 0.274 e. The monoisotopic (exact) mass is 314 g/mol. The minimum Gasteiger partial charge on any atom is -0.350 e. The van der Waals surface area contributed by atoms with E-state index < -0.39 is 5.82 Å². The number of aromatic nitrogens is 4. The fourth-order valence-electron chi connectivity index (χ4n) is 2.16.